The number of hydrogen-bond donors (Lipinski definition) is 2. The topological polar surface area (TPSA) is 70.5 Å². The van der Waals surface area contributed by atoms with Crippen molar-refractivity contribution in [3.05, 3.63) is 0 Å². The number of nitrogens with two attached hydrogens (primary N) is 2. The maximum Gasteiger partial charge on any atom is 0.321 e. The van der Waals surface area contributed by atoms with Gasteiger partial charge in [-0.1, -0.05) is 0 Å². The van der Waals surface area contributed by atoms with Crippen molar-refractivity contribution < 1.29 is 8.85 Å². The highest BCUT2D eigenvalue weighted by atomic mass is 28.3. The highest BCUT2D eigenvalue weighted by molar-refractivity contribution is 6.44. The molecule has 0 aromatic heterocycles. The zero-order chi connectivity index (χ0) is 11.7. The summed E-state index contributed by atoms with van der Waals surface area (Å²) in [6.45, 7) is 8.15. The average Bonchev–Trinajstić information content (AvgIpc) is 2.18. The van der Waals surface area contributed by atoms with Crippen LogP contribution in [0.2, 0.25) is 6.04 Å². The zero-order valence-corrected chi connectivity index (χ0v) is 11.4. The molecule has 2 unspecified atom stereocenters. The van der Waals surface area contributed by atoms with Crippen molar-refractivity contribution >= 4 is 9.28 Å². The van der Waals surface area contributed by atoms with Gasteiger partial charge in [0.2, 0.25) is 0 Å². The molecule has 0 bridgehead atoms. The Morgan fingerprint density at radius 1 is 1.20 bits per heavy atom. The predicted octanol–water partition coefficient (Wildman–Crippen LogP) is 0.592. The number of hydrogen-bond acceptors (Lipinski definition) is 4. The Labute approximate surface area is 95.2 Å². The van der Waals surface area contributed by atoms with E-state index < -0.39 is 9.28 Å². The van der Waals surface area contributed by atoms with Crippen LogP contribution in [0.3, 0.4) is 0 Å². The van der Waals surface area contributed by atoms with E-state index in [1.165, 1.54) is 0 Å². The van der Waals surface area contributed by atoms with Crippen molar-refractivity contribution in [3.63, 3.8) is 0 Å². The molecule has 0 aliphatic carbocycles. The van der Waals surface area contributed by atoms with Crippen LogP contribution in [0.5, 0.6) is 0 Å². The molecule has 0 saturated heterocycles. The third-order valence-electron chi connectivity index (χ3n) is 2.52. The molecule has 5 heteroatoms. The lowest BCUT2D eigenvalue weighted by Gasteiger charge is -2.21. The first-order valence-corrected chi connectivity index (χ1v) is 7.60. The van der Waals surface area contributed by atoms with Gasteiger partial charge in [-0.15, -0.1) is 0 Å². The summed E-state index contributed by atoms with van der Waals surface area (Å²) >= 11 is 0. The summed E-state index contributed by atoms with van der Waals surface area (Å²) < 4.78 is 11.2. The molecule has 4 nitrogen and oxygen atoms in total. The number of rotatable bonds is 9. The third-order valence-corrected chi connectivity index (χ3v) is 4.74. The monoisotopic (exact) mass is 234 g/mol. The summed E-state index contributed by atoms with van der Waals surface area (Å²) in [6, 6.07) is 1.17. The Bertz CT molecular complexity index is 141. The average molecular weight is 234 g/mol. The van der Waals surface area contributed by atoms with Crippen LogP contribution >= 0.6 is 0 Å². The van der Waals surface area contributed by atoms with Crippen LogP contribution in [-0.2, 0) is 8.85 Å². The first-order chi connectivity index (χ1) is 7.15. The molecule has 0 spiro atoms. The molecule has 0 aliphatic heterocycles. The Morgan fingerprint density at radius 2 is 1.73 bits per heavy atom. The zero-order valence-electron chi connectivity index (χ0n) is 10.2. The Morgan fingerprint density at radius 3 is 2.07 bits per heavy atom. The summed E-state index contributed by atoms with van der Waals surface area (Å²) in [4.78, 5) is 0. The summed E-state index contributed by atoms with van der Waals surface area (Å²) in [7, 11) is -1.46. The van der Waals surface area contributed by atoms with Crippen LogP contribution in [0.15, 0.2) is 0 Å². The van der Waals surface area contributed by atoms with Gasteiger partial charge in [-0.2, -0.15) is 0 Å². The summed E-state index contributed by atoms with van der Waals surface area (Å²) in [5.41, 5.74) is 11.5. The minimum atomic E-state index is -1.46. The fraction of sp³-hybridized carbons (Fsp3) is 1.00. The summed E-state index contributed by atoms with van der Waals surface area (Å²) in [5, 5.41) is 0. The van der Waals surface area contributed by atoms with Gasteiger partial charge in [0.15, 0.2) is 0 Å². The van der Waals surface area contributed by atoms with E-state index in [2.05, 4.69) is 0 Å². The minimum Gasteiger partial charge on any atom is -0.397 e. The molecular weight excluding hydrogens is 208 g/mol. The highest BCUT2D eigenvalue weighted by Gasteiger charge is 2.17. The lowest BCUT2D eigenvalue weighted by Crippen LogP contribution is -2.34. The second kappa shape index (κ2) is 9.29. The van der Waals surface area contributed by atoms with Gasteiger partial charge in [0.05, 0.1) is 0 Å². The highest BCUT2D eigenvalue weighted by Crippen LogP contribution is 2.12. The molecule has 0 saturated carbocycles. The smallest absolute Gasteiger partial charge is 0.321 e. The van der Waals surface area contributed by atoms with Gasteiger partial charge in [-0.3, -0.25) is 0 Å². The van der Waals surface area contributed by atoms with Gasteiger partial charge in [0.1, 0.15) is 0 Å². The van der Waals surface area contributed by atoms with Crippen LogP contribution in [-0.4, -0.2) is 35.1 Å². The molecule has 0 radical (unpaired) electrons. The van der Waals surface area contributed by atoms with Crippen molar-refractivity contribution in [2.75, 3.05) is 19.8 Å². The van der Waals surface area contributed by atoms with Crippen molar-refractivity contribution in [1.29, 1.82) is 0 Å². The molecule has 0 heterocycles. The SMILES string of the molecule is CCO[SiH](CCC(CN)C(C)N)OCC. The molecule has 15 heavy (non-hydrogen) atoms. The van der Waals surface area contributed by atoms with Crippen LogP contribution in [0, 0.1) is 5.92 Å². The second-order valence-corrected chi connectivity index (χ2v) is 5.88. The molecule has 0 amide bonds. The second-order valence-electron chi connectivity index (χ2n) is 3.77. The van der Waals surface area contributed by atoms with Crippen LogP contribution in [0.25, 0.3) is 0 Å². The molecule has 0 fully saturated rings. The van der Waals surface area contributed by atoms with E-state index in [1.54, 1.807) is 0 Å². The maximum absolute atomic E-state index is 5.84. The van der Waals surface area contributed by atoms with Crippen molar-refractivity contribution in [2.45, 2.75) is 39.3 Å². The van der Waals surface area contributed by atoms with E-state index in [0.29, 0.717) is 12.5 Å². The maximum atomic E-state index is 5.84. The van der Waals surface area contributed by atoms with E-state index in [9.17, 15) is 0 Å². The van der Waals surface area contributed by atoms with Crippen LogP contribution < -0.4 is 11.5 Å². The summed E-state index contributed by atoms with van der Waals surface area (Å²) in [5.74, 6) is 0.390. The predicted molar refractivity (Wildman–Crippen MR) is 66.0 cm³/mol. The van der Waals surface area contributed by atoms with Crippen LogP contribution in [0.4, 0.5) is 0 Å². The van der Waals surface area contributed by atoms with Gasteiger partial charge < -0.3 is 20.3 Å². The molecular formula is C10H26N2O2Si. The molecule has 0 aromatic carbocycles. The van der Waals surface area contributed by atoms with Crippen LogP contribution in [0.1, 0.15) is 27.2 Å². The van der Waals surface area contributed by atoms with Gasteiger partial charge >= 0.3 is 9.28 Å². The third kappa shape index (κ3) is 7.02. The Balaban J connectivity index is 3.84. The molecule has 0 aromatic rings. The quantitative estimate of drug-likeness (QED) is 0.573. The van der Waals surface area contributed by atoms with E-state index in [0.717, 1.165) is 25.7 Å². The lowest BCUT2D eigenvalue weighted by atomic mass is 10.00. The molecule has 0 aliphatic rings. The van der Waals surface area contributed by atoms with Gasteiger partial charge in [-0.25, -0.2) is 0 Å². The first-order valence-electron chi connectivity index (χ1n) is 5.84. The van der Waals surface area contributed by atoms with E-state index >= 15 is 0 Å². The fourth-order valence-electron chi connectivity index (χ4n) is 1.53. The summed E-state index contributed by atoms with van der Waals surface area (Å²) in [6.07, 6.45) is 1.02. The standard InChI is InChI=1S/C10H26N2O2Si/c1-4-13-15(14-5-2)7-6-10(8-11)9(3)12/h9-10,15H,4-8,11-12H2,1-3H3. The van der Waals surface area contributed by atoms with Gasteiger partial charge in [0, 0.05) is 19.3 Å². The molecule has 2 atom stereocenters. The van der Waals surface area contributed by atoms with E-state index in [-0.39, 0.29) is 6.04 Å². The first kappa shape index (κ1) is 15.1. The minimum absolute atomic E-state index is 0.160. The lowest BCUT2D eigenvalue weighted by molar-refractivity contribution is 0.210. The van der Waals surface area contributed by atoms with Gasteiger partial charge in [-0.05, 0) is 45.7 Å². The van der Waals surface area contributed by atoms with E-state index in [4.69, 9.17) is 20.3 Å². The Kier molecular flexibility index (Phi) is 9.33. The largest absolute Gasteiger partial charge is 0.397 e. The normalized spacial score (nSPS) is 15.6. The molecule has 0 rings (SSSR count). The van der Waals surface area contributed by atoms with Crippen molar-refractivity contribution in [3.8, 4) is 0 Å². The van der Waals surface area contributed by atoms with Crippen molar-refractivity contribution in [2.24, 2.45) is 17.4 Å². The fourth-order valence-corrected chi connectivity index (χ4v) is 3.41. The molecule has 92 valence electrons. The Hall–Kier alpha value is 0.0569. The van der Waals surface area contributed by atoms with E-state index in [1.807, 2.05) is 20.8 Å². The molecule has 4 N–H and O–H groups in total. The van der Waals surface area contributed by atoms with Crippen molar-refractivity contribution in [1.82, 2.24) is 0 Å². The van der Waals surface area contributed by atoms with Gasteiger partial charge in [0.25, 0.3) is 0 Å².